The third-order valence-corrected chi connectivity index (χ3v) is 4.13. The molecule has 1 aromatic rings. The molecule has 0 amide bonds. The van der Waals surface area contributed by atoms with E-state index in [0.29, 0.717) is 29.6 Å². The lowest BCUT2D eigenvalue weighted by Gasteiger charge is -2.30. The van der Waals surface area contributed by atoms with Crippen molar-refractivity contribution in [1.82, 2.24) is 10.6 Å². The van der Waals surface area contributed by atoms with Crippen molar-refractivity contribution in [3.05, 3.63) is 41.1 Å². The third-order valence-electron chi connectivity index (χ3n) is 3.91. The zero-order valence-corrected chi connectivity index (χ0v) is 15.9. The fourth-order valence-corrected chi connectivity index (χ4v) is 2.92. The summed E-state index contributed by atoms with van der Waals surface area (Å²) in [5, 5.41) is 6.69. The number of carbonyl (C=O) groups excluding carboxylic acids is 1. The van der Waals surface area contributed by atoms with Crippen molar-refractivity contribution in [3.63, 3.8) is 0 Å². The second-order valence-corrected chi connectivity index (χ2v) is 6.35. The Balaban J connectivity index is 2.34. The molecular weight excluding hydrogens is 336 g/mol. The van der Waals surface area contributed by atoms with Crippen molar-refractivity contribution < 1.29 is 14.3 Å². The zero-order chi connectivity index (χ0) is 18.2. The summed E-state index contributed by atoms with van der Waals surface area (Å²) < 4.78 is 11.3. The maximum Gasteiger partial charge on any atom is 0.338 e. The fourth-order valence-electron chi connectivity index (χ4n) is 2.65. The minimum absolute atomic E-state index is 0.330. The highest BCUT2D eigenvalue weighted by Gasteiger charge is 2.32. The van der Waals surface area contributed by atoms with Gasteiger partial charge in [0.25, 0.3) is 0 Å². The van der Waals surface area contributed by atoms with Crippen LogP contribution in [0.2, 0.25) is 0 Å². The molecule has 136 valence electrons. The standard InChI is InChI=1S/C19H26N2O3S/c1-4-6-12-24-18(22)16-13(3)20-19(25)21-17(16)14-9-7-8-10-15(14)23-11-5-2/h7-10,17H,4-6,11-12H2,1-3H3,(H2,20,21,25). The number of ether oxygens (including phenoxy) is 2. The van der Waals surface area contributed by atoms with Crippen LogP contribution in [0.25, 0.3) is 0 Å². The lowest BCUT2D eigenvalue weighted by atomic mass is 9.95. The average Bonchev–Trinajstić information content (AvgIpc) is 2.59. The van der Waals surface area contributed by atoms with Crippen LogP contribution in [-0.4, -0.2) is 24.3 Å². The van der Waals surface area contributed by atoms with E-state index in [1.807, 2.05) is 31.2 Å². The van der Waals surface area contributed by atoms with Gasteiger partial charge in [-0.05, 0) is 38.0 Å². The van der Waals surface area contributed by atoms with Crippen molar-refractivity contribution in [1.29, 1.82) is 0 Å². The Hall–Kier alpha value is -2.08. The van der Waals surface area contributed by atoms with Crippen LogP contribution in [0, 0.1) is 0 Å². The third kappa shape index (κ3) is 4.95. The summed E-state index contributed by atoms with van der Waals surface area (Å²) in [6.07, 6.45) is 2.73. The summed E-state index contributed by atoms with van der Waals surface area (Å²) in [6, 6.07) is 7.31. The van der Waals surface area contributed by atoms with Gasteiger partial charge in [-0.15, -0.1) is 0 Å². The molecule has 1 aromatic carbocycles. The molecule has 1 heterocycles. The second kappa shape index (κ2) is 9.42. The van der Waals surface area contributed by atoms with E-state index in [9.17, 15) is 4.79 Å². The van der Waals surface area contributed by atoms with Crippen molar-refractivity contribution in [2.24, 2.45) is 0 Å². The highest BCUT2D eigenvalue weighted by molar-refractivity contribution is 7.80. The molecule has 6 heteroatoms. The lowest BCUT2D eigenvalue weighted by molar-refractivity contribution is -0.139. The number of carbonyl (C=O) groups is 1. The predicted octanol–water partition coefficient (Wildman–Crippen LogP) is 3.61. The van der Waals surface area contributed by atoms with Crippen LogP contribution in [0.15, 0.2) is 35.5 Å². The first-order chi connectivity index (χ1) is 12.1. The molecule has 0 saturated carbocycles. The maximum atomic E-state index is 12.7. The van der Waals surface area contributed by atoms with Crippen LogP contribution in [0.4, 0.5) is 0 Å². The van der Waals surface area contributed by atoms with Crippen LogP contribution < -0.4 is 15.4 Å². The topological polar surface area (TPSA) is 59.6 Å². The van der Waals surface area contributed by atoms with Gasteiger partial charge in [0.1, 0.15) is 5.75 Å². The fraction of sp³-hybridized carbons (Fsp3) is 0.474. The number of unbranched alkanes of at least 4 members (excludes halogenated alkanes) is 1. The predicted molar refractivity (Wildman–Crippen MR) is 102 cm³/mol. The smallest absolute Gasteiger partial charge is 0.338 e. The lowest BCUT2D eigenvalue weighted by Crippen LogP contribution is -2.45. The highest BCUT2D eigenvalue weighted by Crippen LogP contribution is 2.33. The van der Waals surface area contributed by atoms with Crippen molar-refractivity contribution >= 4 is 23.3 Å². The average molecular weight is 362 g/mol. The molecule has 0 saturated heterocycles. The normalized spacial score (nSPS) is 16.9. The van der Waals surface area contributed by atoms with E-state index in [2.05, 4.69) is 24.5 Å². The first-order valence-electron chi connectivity index (χ1n) is 8.75. The monoisotopic (exact) mass is 362 g/mol. The quantitative estimate of drug-likeness (QED) is 0.418. The minimum atomic E-state index is -0.393. The molecule has 0 bridgehead atoms. The van der Waals surface area contributed by atoms with Gasteiger partial charge < -0.3 is 20.1 Å². The Morgan fingerprint density at radius 2 is 1.96 bits per heavy atom. The molecule has 2 N–H and O–H groups in total. The van der Waals surface area contributed by atoms with Crippen LogP contribution in [-0.2, 0) is 9.53 Å². The molecule has 5 nitrogen and oxygen atoms in total. The Bertz CT molecular complexity index is 658. The molecule has 25 heavy (non-hydrogen) atoms. The molecule has 1 aliphatic rings. The molecule has 0 aliphatic carbocycles. The van der Waals surface area contributed by atoms with Gasteiger partial charge >= 0.3 is 5.97 Å². The van der Waals surface area contributed by atoms with E-state index >= 15 is 0 Å². The minimum Gasteiger partial charge on any atom is -0.493 e. The van der Waals surface area contributed by atoms with E-state index in [0.717, 1.165) is 30.6 Å². The number of para-hydroxylation sites is 1. The van der Waals surface area contributed by atoms with Gasteiger partial charge in [0, 0.05) is 11.3 Å². The summed E-state index contributed by atoms with van der Waals surface area (Å²) in [4.78, 5) is 12.7. The van der Waals surface area contributed by atoms with Crippen LogP contribution in [0.3, 0.4) is 0 Å². The van der Waals surface area contributed by atoms with Gasteiger partial charge in [0.05, 0.1) is 24.8 Å². The van der Waals surface area contributed by atoms with Gasteiger partial charge in [0.15, 0.2) is 5.11 Å². The molecule has 2 rings (SSSR count). The zero-order valence-electron chi connectivity index (χ0n) is 15.1. The van der Waals surface area contributed by atoms with Gasteiger partial charge in [-0.1, -0.05) is 38.5 Å². The van der Waals surface area contributed by atoms with Gasteiger partial charge in [-0.3, -0.25) is 0 Å². The Labute approximate surface area is 154 Å². The number of benzene rings is 1. The molecular formula is C19H26N2O3S. The maximum absolute atomic E-state index is 12.7. The summed E-state index contributed by atoms with van der Waals surface area (Å²) >= 11 is 5.29. The van der Waals surface area contributed by atoms with E-state index in [-0.39, 0.29) is 5.97 Å². The Kier molecular flexibility index (Phi) is 7.25. The Morgan fingerprint density at radius 3 is 2.68 bits per heavy atom. The van der Waals surface area contributed by atoms with Crippen LogP contribution >= 0.6 is 12.2 Å². The van der Waals surface area contributed by atoms with Crippen molar-refractivity contribution in [2.45, 2.75) is 46.1 Å². The van der Waals surface area contributed by atoms with E-state index in [4.69, 9.17) is 21.7 Å². The van der Waals surface area contributed by atoms with E-state index in [1.54, 1.807) is 0 Å². The molecule has 0 aromatic heterocycles. The highest BCUT2D eigenvalue weighted by atomic mass is 32.1. The van der Waals surface area contributed by atoms with Crippen molar-refractivity contribution in [3.8, 4) is 5.75 Å². The SMILES string of the molecule is CCCCOC(=O)C1=C(C)NC(=S)NC1c1ccccc1OCCC. The van der Waals surface area contributed by atoms with Crippen LogP contribution in [0.5, 0.6) is 5.75 Å². The second-order valence-electron chi connectivity index (χ2n) is 5.95. The molecule has 0 radical (unpaired) electrons. The van der Waals surface area contributed by atoms with Gasteiger partial charge in [-0.25, -0.2) is 4.79 Å². The number of hydrogen-bond acceptors (Lipinski definition) is 4. The number of allylic oxidation sites excluding steroid dienone is 1. The number of nitrogens with one attached hydrogen (secondary N) is 2. The van der Waals surface area contributed by atoms with Crippen molar-refractivity contribution in [2.75, 3.05) is 13.2 Å². The van der Waals surface area contributed by atoms with E-state index in [1.165, 1.54) is 0 Å². The molecule has 1 unspecified atom stereocenters. The largest absolute Gasteiger partial charge is 0.493 e. The molecule has 0 spiro atoms. The molecule has 1 atom stereocenters. The molecule has 0 fully saturated rings. The summed E-state index contributed by atoms with van der Waals surface area (Å²) in [5.74, 6) is 0.418. The van der Waals surface area contributed by atoms with Crippen LogP contribution in [0.1, 0.15) is 51.6 Å². The number of thiocarbonyl (C=S) groups is 1. The van der Waals surface area contributed by atoms with E-state index < -0.39 is 6.04 Å². The van der Waals surface area contributed by atoms with Gasteiger partial charge in [0.2, 0.25) is 0 Å². The molecule has 1 aliphatic heterocycles. The first kappa shape index (κ1) is 19.2. The summed E-state index contributed by atoms with van der Waals surface area (Å²) in [6.45, 7) is 6.99. The number of hydrogen-bond donors (Lipinski definition) is 2. The number of rotatable bonds is 8. The first-order valence-corrected chi connectivity index (χ1v) is 9.16. The number of esters is 1. The Morgan fingerprint density at radius 1 is 1.20 bits per heavy atom. The summed E-state index contributed by atoms with van der Waals surface area (Å²) in [5.41, 5.74) is 2.12. The van der Waals surface area contributed by atoms with Gasteiger partial charge in [-0.2, -0.15) is 0 Å². The summed E-state index contributed by atoms with van der Waals surface area (Å²) in [7, 11) is 0.